The fourth-order valence-electron chi connectivity index (χ4n) is 1.99. The minimum Gasteiger partial charge on any atom is -0.455 e. The van der Waals surface area contributed by atoms with E-state index in [0.717, 1.165) is 10.0 Å². The highest BCUT2D eigenvalue weighted by molar-refractivity contribution is 9.10. The van der Waals surface area contributed by atoms with E-state index >= 15 is 0 Å². The highest BCUT2D eigenvalue weighted by Gasteiger charge is 2.13. The second kappa shape index (κ2) is 6.02. The molecule has 0 atom stereocenters. The molecular formula is C15H11BrN2O3S. The number of thiophene rings is 1. The summed E-state index contributed by atoms with van der Waals surface area (Å²) in [7, 11) is 0. The summed E-state index contributed by atoms with van der Waals surface area (Å²) >= 11 is 4.64. The first-order chi connectivity index (χ1) is 10.5. The number of rotatable bonds is 3. The Bertz CT molecular complexity index is 917. The van der Waals surface area contributed by atoms with E-state index in [1.54, 1.807) is 18.3 Å². The first-order valence-corrected chi connectivity index (χ1v) is 8.11. The summed E-state index contributed by atoms with van der Waals surface area (Å²) in [5.41, 5.74) is 1.60. The quantitative estimate of drug-likeness (QED) is 0.656. The predicted octanol–water partition coefficient (Wildman–Crippen LogP) is 3.18. The Labute approximate surface area is 138 Å². The maximum absolute atomic E-state index is 12.0. The molecule has 0 amide bonds. The Morgan fingerprint density at radius 3 is 2.95 bits per heavy atom. The fourth-order valence-corrected chi connectivity index (χ4v) is 3.14. The van der Waals surface area contributed by atoms with Crippen LogP contribution in [0.3, 0.4) is 0 Å². The number of carbonyl (C=O) groups excluding carboxylic acids is 1. The van der Waals surface area contributed by atoms with Crippen molar-refractivity contribution in [2.45, 2.75) is 13.5 Å². The molecule has 0 spiro atoms. The molecular weight excluding hydrogens is 368 g/mol. The van der Waals surface area contributed by atoms with Gasteiger partial charge in [0, 0.05) is 16.7 Å². The van der Waals surface area contributed by atoms with Crippen LogP contribution in [-0.4, -0.2) is 15.4 Å². The molecule has 0 N–H and O–H groups in total. The minimum absolute atomic E-state index is 0.0298. The third-order valence-corrected chi connectivity index (χ3v) is 4.54. The average Bonchev–Trinajstić information content (AvgIpc) is 2.92. The molecule has 0 aliphatic rings. The molecule has 0 saturated heterocycles. The Hall–Kier alpha value is -1.99. The van der Waals surface area contributed by atoms with Gasteiger partial charge in [0.1, 0.15) is 17.1 Å². The van der Waals surface area contributed by atoms with Crippen LogP contribution >= 0.6 is 27.3 Å². The van der Waals surface area contributed by atoms with E-state index < -0.39 is 5.97 Å². The van der Waals surface area contributed by atoms with Gasteiger partial charge >= 0.3 is 5.97 Å². The van der Waals surface area contributed by atoms with Crippen LogP contribution in [-0.2, 0) is 11.3 Å². The highest BCUT2D eigenvalue weighted by atomic mass is 79.9. The zero-order valence-electron chi connectivity index (χ0n) is 11.6. The predicted molar refractivity (Wildman–Crippen MR) is 87.3 cm³/mol. The summed E-state index contributed by atoms with van der Waals surface area (Å²) in [6.45, 7) is 1.82. The zero-order valence-corrected chi connectivity index (χ0v) is 14.0. The van der Waals surface area contributed by atoms with E-state index in [9.17, 15) is 9.59 Å². The van der Waals surface area contributed by atoms with Crippen LogP contribution in [0.2, 0.25) is 0 Å². The van der Waals surface area contributed by atoms with Crippen LogP contribution in [0.5, 0.6) is 0 Å². The maximum Gasteiger partial charge on any atom is 0.348 e. The SMILES string of the molecule is Cc1ccsc1C(=O)OCc1cc(=O)n2cc(Br)ccc2n1. The van der Waals surface area contributed by atoms with Crippen molar-refractivity contribution < 1.29 is 9.53 Å². The van der Waals surface area contributed by atoms with Crippen molar-refractivity contribution in [3.63, 3.8) is 0 Å². The van der Waals surface area contributed by atoms with Gasteiger partial charge in [0.2, 0.25) is 0 Å². The topological polar surface area (TPSA) is 60.7 Å². The van der Waals surface area contributed by atoms with E-state index in [2.05, 4.69) is 20.9 Å². The van der Waals surface area contributed by atoms with Crippen molar-refractivity contribution >= 4 is 38.9 Å². The van der Waals surface area contributed by atoms with Crippen LogP contribution in [0.1, 0.15) is 20.9 Å². The molecule has 3 aromatic rings. The monoisotopic (exact) mass is 378 g/mol. The number of esters is 1. The summed E-state index contributed by atoms with van der Waals surface area (Å²) in [5.74, 6) is -0.398. The summed E-state index contributed by atoms with van der Waals surface area (Å²) in [6, 6.07) is 6.75. The number of halogens is 1. The van der Waals surface area contributed by atoms with Gasteiger partial charge in [-0.2, -0.15) is 0 Å². The highest BCUT2D eigenvalue weighted by Crippen LogP contribution is 2.17. The number of aryl methyl sites for hydroxylation is 1. The van der Waals surface area contributed by atoms with Crippen molar-refractivity contribution in [3.05, 3.63) is 66.8 Å². The lowest BCUT2D eigenvalue weighted by atomic mass is 10.3. The maximum atomic E-state index is 12.0. The molecule has 0 aromatic carbocycles. The lowest BCUT2D eigenvalue weighted by Gasteiger charge is -2.06. The van der Waals surface area contributed by atoms with Crippen LogP contribution in [0.4, 0.5) is 0 Å². The number of hydrogen-bond donors (Lipinski definition) is 0. The lowest BCUT2D eigenvalue weighted by molar-refractivity contribution is 0.0473. The molecule has 3 heterocycles. The van der Waals surface area contributed by atoms with Gasteiger partial charge in [-0.15, -0.1) is 11.3 Å². The van der Waals surface area contributed by atoms with E-state index in [1.165, 1.54) is 21.8 Å². The number of aromatic nitrogens is 2. The van der Waals surface area contributed by atoms with Gasteiger partial charge < -0.3 is 4.74 Å². The largest absolute Gasteiger partial charge is 0.455 e. The average molecular weight is 379 g/mol. The van der Waals surface area contributed by atoms with E-state index in [1.807, 2.05) is 18.4 Å². The molecule has 5 nitrogen and oxygen atoms in total. The van der Waals surface area contributed by atoms with Gasteiger partial charge in [-0.25, -0.2) is 9.78 Å². The number of ether oxygens (including phenoxy) is 1. The molecule has 0 unspecified atom stereocenters. The second-order valence-electron chi connectivity index (χ2n) is 4.67. The molecule has 112 valence electrons. The van der Waals surface area contributed by atoms with E-state index in [4.69, 9.17) is 4.74 Å². The van der Waals surface area contributed by atoms with Crippen molar-refractivity contribution in [1.82, 2.24) is 9.38 Å². The number of nitrogens with zero attached hydrogens (tertiary/aromatic N) is 2. The number of carbonyl (C=O) groups is 1. The molecule has 3 rings (SSSR count). The van der Waals surface area contributed by atoms with Crippen molar-refractivity contribution in [1.29, 1.82) is 0 Å². The van der Waals surface area contributed by atoms with Gasteiger partial charge in [-0.1, -0.05) is 0 Å². The molecule has 22 heavy (non-hydrogen) atoms. The number of pyridine rings is 1. The standard InChI is InChI=1S/C15H11BrN2O3S/c1-9-4-5-22-14(9)15(20)21-8-11-6-13(19)18-7-10(16)2-3-12(18)17-11/h2-7H,8H2,1H3. The molecule has 3 aromatic heterocycles. The minimum atomic E-state index is -0.398. The summed E-state index contributed by atoms with van der Waals surface area (Å²) in [6.07, 6.45) is 1.65. The first kappa shape index (κ1) is 14.9. The van der Waals surface area contributed by atoms with Crippen LogP contribution in [0.15, 0.2) is 45.1 Å². The van der Waals surface area contributed by atoms with Gasteiger partial charge in [0.25, 0.3) is 5.56 Å². The van der Waals surface area contributed by atoms with Gasteiger partial charge in [-0.05, 0) is 52.0 Å². The third kappa shape index (κ3) is 2.95. The molecule has 0 saturated carbocycles. The number of fused-ring (bicyclic) bond motifs is 1. The molecule has 0 aliphatic heterocycles. The zero-order chi connectivity index (χ0) is 15.7. The molecule has 0 aliphatic carbocycles. The summed E-state index contributed by atoms with van der Waals surface area (Å²) in [4.78, 5) is 28.9. The normalized spacial score (nSPS) is 10.8. The van der Waals surface area contributed by atoms with Gasteiger partial charge in [0.05, 0.1) is 5.69 Å². The third-order valence-electron chi connectivity index (χ3n) is 3.08. The molecule has 0 bridgehead atoms. The van der Waals surface area contributed by atoms with Gasteiger partial charge in [0.15, 0.2) is 0 Å². The fraction of sp³-hybridized carbons (Fsp3) is 0.133. The number of hydrogen-bond acceptors (Lipinski definition) is 5. The molecule has 0 radical (unpaired) electrons. The Kier molecular flexibility index (Phi) is 4.08. The first-order valence-electron chi connectivity index (χ1n) is 6.43. The Morgan fingerprint density at radius 2 is 2.23 bits per heavy atom. The summed E-state index contributed by atoms with van der Waals surface area (Å²) < 4.78 is 7.45. The summed E-state index contributed by atoms with van der Waals surface area (Å²) in [5, 5.41) is 1.84. The van der Waals surface area contributed by atoms with Crippen molar-refractivity contribution in [3.8, 4) is 0 Å². The molecule has 0 fully saturated rings. The van der Waals surface area contributed by atoms with Crippen molar-refractivity contribution in [2.75, 3.05) is 0 Å². The smallest absolute Gasteiger partial charge is 0.348 e. The van der Waals surface area contributed by atoms with Crippen LogP contribution < -0.4 is 5.56 Å². The van der Waals surface area contributed by atoms with Gasteiger partial charge in [-0.3, -0.25) is 9.20 Å². The Morgan fingerprint density at radius 1 is 1.41 bits per heavy atom. The lowest BCUT2D eigenvalue weighted by Crippen LogP contribution is -2.16. The Balaban J connectivity index is 1.83. The second-order valence-corrected chi connectivity index (χ2v) is 6.50. The molecule has 7 heteroatoms. The van der Waals surface area contributed by atoms with Crippen LogP contribution in [0, 0.1) is 6.92 Å². The van der Waals surface area contributed by atoms with E-state index in [0.29, 0.717) is 16.2 Å². The van der Waals surface area contributed by atoms with Crippen molar-refractivity contribution in [2.24, 2.45) is 0 Å². The van der Waals surface area contributed by atoms with Crippen LogP contribution in [0.25, 0.3) is 5.65 Å². The van der Waals surface area contributed by atoms with E-state index in [-0.39, 0.29) is 12.2 Å².